The summed E-state index contributed by atoms with van der Waals surface area (Å²) in [6, 6.07) is 12.6. The Labute approximate surface area is 141 Å². The smallest absolute Gasteiger partial charge is 0.341 e. The number of hydrogen-bond donors (Lipinski definition) is 1. The fourth-order valence-electron chi connectivity index (χ4n) is 2.31. The number of carbonyl (C=O) groups excluding carboxylic acids is 2. The Morgan fingerprint density at radius 2 is 1.67 bits per heavy atom. The quantitative estimate of drug-likeness (QED) is 0.829. The maximum Gasteiger partial charge on any atom is 0.341 e. The molecule has 24 heavy (non-hydrogen) atoms. The highest BCUT2D eigenvalue weighted by Crippen LogP contribution is 2.20. The third-order valence-electron chi connectivity index (χ3n) is 3.75. The average Bonchev–Trinajstić information content (AvgIpc) is 2.65. The number of ether oxygens (including phenoxy) is 2. The number of hydrogen-bond acceptors (Lipinski definition) is 4. The topological polar surface area (TPSA) is 64.6 Å². The van der Waals surface area contributed by atoms with Gasteiger partial charge in [-0.25, -0.2) is 4.79 Å². The van der Waals surface area contributed by atoms with E-state index in [2.05, 4.69) is 12.2 Å². The van der Waals surface area contributed by atoms with E-state index in [1.807, 2.05) is 24.3 Å². The second kappa shape index (κ2) is 8.15. The van der Waals surface area contributed by atoms with Gasteiger partial charge in [0, 0.05) is 12.1 Å². The standard InChI is InChI=1S/C19H21NO4/c1-4-13-5-8-15(9-6-13)18(21)20-12-14-7-10-17(23-2)16(11-14)19(22)24-3/h5-11H,4,12H2,1-3H3,(H,20,21). The molecule has 1 N–H and O–H groups in total. The van der Waals surface area contributed by atoms with Crippen LogP contribution in [0.5, 0.6) is 5.75 Å². The van der Waals surface area contributed by atoms with E-state index >= 15 is 0 Å². The molecule has 0 aliphatic rings. The molecule has 0 aliphatic heterocycles. The minimum Gasteiger partial charge on any atom is -0.496 e. The molecule has 126 valence electrons. The van der Waals surface area contributed by atoms with Crippen molar-refractivity contribution in [3.05, 3.63) is 64.7 Å². The lowest BCUT2D eigenvalue weighted by atomic mass is 10.1. The second-order valence-electron chi connectivity index (χ2n) is 5.26. The van der Waals surface area contributed by atoms with Crippen molar-refractivity contribution in [3.63, 3.8) is 0 Å². The summed E-state index contributed by atoms with van der Waals surface area (Å²) in [5.74, 6) is -0.199. The first-order valence-electron chi connectivity index (χ1n) is 7.71. The summed E-state index contributed by atoms with van der Waals surface area (Å²) in [6.07, 6.45) is 0.935. The molecule has 5 nitrogen and oxygen atoms in total. The van der Waals surface area contributed by atoms with Gasteiger partial charge in [0.15, 0.2) is 0 Å². The van der Waals surface area contributed by atoms with E-state index in [0.29, 0.717) is 23.4 Å². The molecule has 0 aliphatic carbocycles. The van der Waals surface area contributed by atoms with Crippen LogP contribution in [-0.4, -0.2) is 26.1 Å². The molecule has 2 aromatic carbocycles. The van der Waals surface area contributed by atoms with Crippen LogP contribution in [0, 0.1) is 0 Å². The van der Waals surface area contributed by atoms with E-state index in [1.165, 1.54) is 19.8 Å². The lowest BCUT2D eigenvalue weighted by molar-refractivity contribution is 0.0597. The van der Waals surface area contributed by atoms with E-state index in [-0.39, 0.29) is 5.91 Å². The van der Waals surface area contributed by atoms with Crippen molar-refractivity contribution < 1.29 is 19.1 Å². The highest BCUT2D eigenvalue weighted by Gasteiger charge is 2.14. The Kier molecular flexibility index (Phi) is 5.95. The Morgan fingerprint density at radius 3 is 2.25 bits per heavy atom. The molecule has 0 heterocycles. The Morgan fingerprint density at radius 1 is 1.00 bits per heavy atom. The summed E-state index contributed by atoms with van der Waals surface area (Å²) in [5.41, 5.74) is 2.91. The molecule has 0 unspecified atom stereocenters. The number of methoxy groups -OCH3 is 2. The zero-order valence-corrected chi connectivity index (χ0v) is 14.1. The van der Waals surface area contributed by atoms with Gasteiger partial charge < -0.3 is 14.8 Å². The van der Waals surface area contributed by atoms with Crippen LogP contribution in [-0.2, 0) is 17.7 Å². The molecular weight excluding hydrogens is 306 g/mol. The molecule has 0 aromatic heterocycles. The molecule has 0 atom stereocenters. The first-order valence-corrected chi connectivity index (χ1v) is 7.71. The van der Waals surface area contributed by atoms with Crippen molar-refractivity contribution in [2.75, 3.05) is 14.2 Å². The van der Waals surface area contributed by atoms with Crippen LogP contribution in [0.25, 0.3) is 0 Å². The third-order valence-corrected chi connectivity index (χ3v) is 3.75. The maximum atomic E-state index is 12.2. The van der Waals surface area contributed by atoms with Gasteiger partial charge in [0.25, 0.3) is 5.91 Å². The average molecular weight is 327 g/mol. The van der Waals surface area contributed by atoms with Gasteiger partial charge in [-0.1, -0.05) is 25.1 Å². The zero-order chi connectivity index (χ0) is 17.5. The van der Waals surface area contributed by atoms with Gasteiger partial charge in [0.1, 0.15) is 11.3 Å². The van der Waals surface area contributed by atoms with E-state index in [0.717, 1.165) is 12.0 Å². The van der Waals surface area contributed by atoms with Crippen LogP contribution in [0.3, 0.4) is 0 Å². The van der Waals surface area contributed by atoms with Gasteiger partial charge >= 0.3 is 5.97 Å². The van der Waals surface area contributed by atoms with Gasteiger partial charge in [0.05, 0.1) is 14.2 Å². The molecule has 0 bridgehead atoms. The molecule has 0 saturated carbocycles. The van der Waals surface area contributed by atoms with Gasteiger partial charge in [0.2, 0.25) is 0 Å². The number of amides is 1. The fraction of sp³-hybridized carbons (Fsp3) is 0.263. The molecule has 5 heteroatoms. The van der Waals surface area contributed by atoms with Crippen LogP contribution in [0.4, 0.5) is 0 Å². The van der Waals surface area contributed by atoms with E-state index in [1.54, 1.807) is 18.2 Å². The highest BCUT2D eigenvalue weighted by molar-refractivity contribution is 5.94. The summed E-state index contributed by atoms with van der Waals surface area (Å²) in [4.78, 5) is 24.0. The van der Waals surface area contributed by atoms with E-state index in [4.69, 9.17) is 9.47 Å². The van der Waals surface area contributed by atoms with Gasteiger partial charge in [-0.05, 0) is 41.8 Å². The lowest BCUT2D eigenvalue weighted by Gasteiger charge is -2.10. The predicted molar refractivity (Wildman–Crippen MR) is 91.3 cm³/mol. The SMILES string of the molecule is CCc1ccc(C(=O)NCc2ccc(OC)c(C(=O)OC)c2)cc1. The van der Waals surface area contributed by atoms with Gasteiger partial charge in [-0.2, -0.15) is 0 Å². The van der Waals surface area contributed by atoms with Crippen molar-refractivity contribution >= 4 is 11.9 Å². The van der Waals surface area contributed by atoms with Crippen molar-refractivity contribution in [1.29, 1.82) is 0 Å². The minimum absolute atomic E-state index is 0.159. The molecule has 0 fully saturated rings. The largest absolute Gasteiger partial charge is 0.496 e. The van der Waals surface area contributed by atoms with Crippen molar-refractivity contribution in [2.45, 2.75) is 19.9 Å². The minimum atomic E-state index is -0.477. The Hall–Kier alpha value is -2.82. The van der Waals surface area contributed by atoms with Crippen LogP contribution < -0.4 is 10.1 Å². The molecule has 2 rings (SSSR count). The molecular formula is C19H21NO4. The summed E-state index contributed by atoms with van der Waals surface area (Å²) in [7, 11) is 2.80. The fourth-order valence-corrected chi connectivity index (χ4v) is 2.31. The first-order chi connectivity index (χ1) is 11.6. The number of benzene rings is 2. The number of aryl methyl sites for hydroxylation is 1. The van der Waals surface area contributed by atoms with Crippen LogP contribution >= 0.6 is 0 Å². The maximum absolute atomic E-state index is 12.2. The second-order valence-corrected chi connectivity index (χ2v) is 5.26. The predicted octanol–water partition coefficient (Wildman–Crippen LogP) is 2.97. The summed E-state index contributed by atoms with van der Waals surface area (Å²) >= 11 is 0. The zero-order valence-electron chi connectivity index (χ0n) is 14.1. The molecule has 0 spiro atoms. The van der Waals surface area contributed by atoms with E-state index < -0.39 is 5.97 Å². The first kappa shape index (κ1) is 17.5. The normalized spacial score (nSPS) is 10.1. The van der Waals surface area contributed by atoms with Crippen molar-refractivity contribution in [3.8, 4) is 5.75 Å². The van der Waals surface area contributed by atoms with Crippen LogP contribution in [0.1, 0.15) is 38.8 Å². The van der Waals surface area contributed by atoms with Crippen LogP contribution in [0.2, 0.25) is 0 Å². The van der Waals surface area contributed by atoms with Gasteiger partial charge in [-0.15, -0.1) is 0 Å². The van der Waals surface area contributed by atoms with Crippen molar-refractivity contribution in [1.82, 2.24) is 5.32 Å². The number of esters is 1. The number of nitrogens with one attached hydrogen (secondary N) is 1. The molecule has 2 aromatic rings. The number of carbonyl (C=O) groups is 2. The molecule has 1 amide bonds. The van der Waals surface area contributed by atoms with Crippen molar-refractivity contribution in [2.24, 2.45) is 0 Å². The lowest BCUT2D eigenvalue weighted by Crippen LogP contribution is -2.23. The van der Waals surface area contributed by atoms with E-state index in [9.17, 15) is 9.59 Å². The highest BCUT2D eigenvalue weighted by atomic mass is 16.5. The number of rotatable bonds is 6. The monoisotopic (exact) mass is 327 g/mol. The Balaban J connectivity index is 2.07. The third kappa shape index (κ3) is 4.13. The Bertz CT molecular complexity index is 723. The van der Waals surface area contributed by atoms with Crippen LogP contribution in [0.15, 0.2) is 42.5 Å². The summed E-state index contributed by atoms with van der Waals surface area (Å²) < 4.78 is 9.90. The summed E-state index contributed by atoms with van der Waals surface area (Å²) in [6.45, 7) is 2.37. The molecule has 0 saturated heterocycles. The van der Waals surface area contributed by atoms with Gasteiger partial charge in [-0.3, -0.25) is 4.79 Å². The molecule has 0 radical (unpaired) electrons. The summed E-state index contributed by atoms with van der Waals surface area (Å²) in [5, 5.41) is 2.84.